The molecule has 6 nitrogen and oxygen atoms in total. The van der Waals surface area contributed by atoms with Crippen LogP contribution in [0.1, 0.15) is 5.56 Å². The van der Waals surface area contributed by atoms with Gasteiger partial charge in [0.05, 0.1) is 6.61 Å². The van der Waals surface area contributed by atoms with Gasteiger partial charge in [-0.05, 0) is 78.6 Å². The summed E-state index contributed by atoms with van der Waals surface area (Å²) in [5.74, 6) is -1.68. The molecule has 0 amide bonds. The predicted molar refractivity (Wildman–Crippen MR) is 149 cm³/mol. The van der Waals surface area contributed by atoms with Crippen molar-refractivity contribution in [2.75, 3.05) is 6.61 Å². The molecule has 0 spiro atoms. The van der Waals surface area contributed by atoms with Crippen LogP contribution in [-0.2, 0) is 28.2 Å². The molecule has 1 aliphatic rings. The maximum absolute atomic E-state index is 12.3. The van der Waals surface area contributed by atoms with Crippen molar-refractivity contribution < 1.29 is 27.5 Å². The molecule has 1 aromatic carbocycles. The van der Waals surface area contributed by atoms with E-state index in [4.69, 9.17) is 22.4 Å². The van der Waals surface area contributed by atoms with Gasteiger partial charge >= 0.3 is 0 Å². The number of benzene rings is 1. The lowest BCUT2D eigenvalue weighted by atomic mass is 9.88. The van der Waals surface area contributed by atoms with Gasteiger partial charge in [-0.2, -0.15) is 0 Å². The fraction of sp³-hybridized carbons (Fsp3) is 0.750. The van der Waals surface area contributed by atoms with E-state index in [1.165, 1.54) is 0 Å². The van der Waals surface area contributed by atoms with E-state index in [0.29, 0.717) is 12.2 Å². The lowest BCUT2D eigenvalue weighted by Gasteiger charge is -2.54. The molecule has 2 rings (SSSR count). The van der Waals surface area contributed by atoms with Crippen LogP contribution in [0.5, 0.6) is 0 Å². The van der Waals surface area contributed by atoms with Gasteiger partial charge in [-0.1, -0.05) is 30.3 Å². The highest BCUT2D eigenvalue weighted by molar-refractivity contribution is 6.71. The maximum atomic E-state index is 12.3. The van der Waals surface area contributed by atoms with E-state index in [-0.39, 0.29) is 0 Å². The van der Waals surface area contributed by atoms with Crippen molar-refractivity contribution in [2.24, 2.45) is 0 Å². The minimum Gasteiger partial charge on any atom is -0.415 e. The summed E-state index contributed by atoms with van der Waals surface area (Å²) < 4.78 is 33.2. The standard InChI is InChI=1S/C24H48O6Si4/c1-31(2,3)26-18-20-21(28-32(4,5)6)22(29-33(7,8)9)23(30-34(10,11)12)24(25,27-20)19-16-14-13-15-17-19/h13-17,20-23,25H,18H2,1-12H3/t20-,21-,22+,23-,24?/m1/s1. The summed E-state index contributed by atoms with van der Waals surface area (Å²) in [5.41, 5.74) is 0.659. The van der Waals surface area contributed by atoms with Crippen molar-refractivity contribution in [1.29, 1.82) is 0 Å². The molecule has 0 radical (unpaired) electrons. The molecule has 1 aliphatic heterocycles. The Morgan fingerprint density at radius 3 is 1.62 bits per heavy atom. The molecule has 10 heteroatoms. The second kappa shape index (κ2) is 10.7. The van der Waals surface area contributed by atoms with Crippen LogP contribution < -0.4 is 0 Å². The largest absolute Gasteiger partial charge is 0.415 e. The molecular formula is C24H48O6Si4. The molecule has 34 heavy (non-hydrogen) atoms. The van der Waals surface area contributed by atoms with Crippen LogP contribution in [0.4, 0.5) is 0 Å². The average molecular weight is 545 g/mol. The van der Waals surface area contributed by atoms with Crippen LogP contribution in [0.15, 0.2) is 30.3 Å². The highest BCUT2D eigenvalue weighted by atomic mass is 28.4. The van der Waals surface area contributed by atoms with Crippen molar-refractivity contribution in [2.45, 2.75) is 109 Å². The summed E-state index contributed by atoms with van der Waals surface area (Å²) in [5, 5.41) is 12.3. The second-order valence-electron chi connectivity index (χ2n) is 13.2. The van der Waals surface area contributed by atoms with Gasteiger partial charge in [0.2, 0.25) is 5.79 Å². The molecule has 1 aromatic rings. The monoisotopic (exact) mass is 544 g/mol. The fourth-order valence-electron chi connectivity index (χ4n) is 3.96. The Labute approximate surface area is 211 Å². The third-order valence-corrected chi connectivity index (χ3v) is 8.99. The fourth-order valence-corrected chi connectivity index (χ4v) is 7.85. The number of hydrogen-bond donors (Lipinski definition) is 1. The van der Waals surface area contributed by atoms with E-state index >= 15 is 0 Å². The van der Waals surface area contributed by atoms with Gasteiger partial charge in [-0.15, -0.1) is 0 Å². The molecule has 1 N–H and O–H groups in total. The van der Waals surface area contributed by atoms with Gasteiger partial charge in [0.25, 0.3) is 0 Å². The number of aliphatic hydroxyl groups is 1. The van der Waals surface area contributed by atoms with Crippen molar-refractivity contribution in [3.63, 3.8) is 0 Å². The van der Waals surface area contributed by atoms with E-state index in [1.807, 2.05) is 30.3 Å². The van der Waals surface area contributed by atoms with Gasteiger partial charge in [0.15, 0.2) is 33.3 Å². The molecular weight excluding hydrogens is 497 g/mol. The van der Waals surface area contributed by atoms with E-state index in [1.54, 1.807) is 0 Å². The number of rotatable bonds is 10. The van der Waals surface area contributed by atoms with Gasteiger partial charge in [0.1, 0.15) is 24.4 Å². The van der Waals surface area contributed by atoms with Crippen molar-refractivity contribution in [3.05, 3.63) is 35.9 Å². The van der Waals surface area contributed by atoms with Crippen molar-refractivity contribution in [1.82, 2.24) is 0 Å². The topological polar surface area (TPSA) is 66.4 Å². The summed E-state index contributed by atoms with van der Waals surface area (Å²) in [6.07, 6.45) is -2.11. The zero-order valence-corrected chi connectivity index (χ0v) is 27.4. The molecule has 1 saturated heterocycles. The molecule has 1 unspecified atom stereocenters. The number of ether oxygens (including phenoxy) is 1. The van der Waals surface area contributed by atoms with Crippen LogP contribution >= 0.6 is 0 Å². The lowest BCUT2D eigenvalue weighted by molar-refractivity contribution is -0.348. The first-order valence-electron chi connectivity index (χ1n) is 12.3. The van der Waals surface area contributed by atoms with Gasteiger partial charge in [0, 0.05) is 5.56 Å². The van der Waals surface area contributed by atoms with E-state index in [9.17, 15) is 5.11 Å². The minimum atomic E-state index is -2.12. The average Bonchev–Trinajstić information content (AvgIpc) is 2.63. The summed E-state index contributed by atoms with van der Waals surface area (Å²) in [7, 11) is -8.02. The molecule has 0 saturated carbocycles. The third kappa shape index (κ3) is 9.06. The molecule has 1 heterocycles. The normalized spacial score (nSPS) is 29.3. The summed E-state index contributed by atoms with van der Waals surface area (Å²) in [6.45, 7) is 26.2. The molecule has 1 fully saturated rings. The first-order chi connectivity index (χ1) is 15.2. The van der Waals surface area contributed by atoms with E-state index in [0.717, 1.165) is 0 Å². The Bertz CT molecular complexity index is 782. The second-order valence-corrected chi connectivity index (χ2v) is 31.1. The van der Waals surface area contributed by atoms with E-state index < -0.39 is 63.5 Å². The Balaban J connectivity index is 2.68. The zero-order chi connectivity index (χ0) is 26.2. The zero-order valence-electron chi connectivity index (χ0n) is 23.4. The van der Waals surface area contributed by atoms with Crippen molar-refractivity contribution >= 4 is 33.3 Å². The first-order valence-corrected chi connectivity index (χ1v) is 26.0. The lowest BCUT2D eigenvalue weighted by Crippen LogP contribution is -2.69. The SMILES string of the molecule is C[Si](C)(C)OC[C@H]1OC(O)(c2ccccc2)[C@H](O[Si](C)(C)C)[C@@H](O[Si](C)(C)C)[C@@H]1O[Si](C)(C)C. The smallest absolute Gasteiger partial charge is 0.221 e. The van der Waals surface area contributed by atoms with Crippen LogP contribution in [-0.4, -0.2) is 69.4 Å². The Kier molecular flexibility index (Phi) is 9.45. The highest BCUT2D eigenvalue weighted by Crippen LogP contribution is 2.43. The van der Waals surface area contributed by atoms with Gasteiger partial charge in [-0.3, -0.25) is 0 Å². The molecule has 0 aliphatic carbocycles. The molecule has 196 valence electrons. The molecule has 5 atom stereocenters. The summed E-state index contributed by atoms with van der Waals surface area (Å²) >= 11 is 0. The van der Waals surface area contributed by atoms with Crippen molar-refractivity contribution in [3.8, 4) is 0 Å². The van der Waals surface area contributed by atoms with Gasteiger partial charge in [-0.25, -0.2) is 0 Å². The van der Waals surface area contributed by atoms with Crippen LogP contribution in [0.3, 0.4) is 0 Å². The number of hydrogen-bond acceptors (Lipinski definition) is 6. The maximum Gasteiger partial charge on any atom is 0.221 e. The quantitative estimate of drug-likeness (QED) is 0.379. The summed E-state index contributed by atoms with van der Waals surface area (Å²) in [6, 6.07) is 9.54. The van der Waals surface area contributed by atoms with Crippen LogP contribution in [0.2, 0.25) is 78.6 Å². The Morgan fingerprint density at radius 1 is 0.706 bits per heavy atom. The Morgan fingerprint density at radius 2 is 1.18 bits per heavy atom. The molecule has 0 aromatic heterocycles. The molecule has 0 bridgehead atoms. The highest BCUT2D eigenvalue weighted by Gasteiger charge is 2.59. The summed E-state index contributed by atoms with van der Waals surface area (Å²) in [4.78, 5) is 0. The predicted octanol–water partition coefficient (Wildman–Crippen LogP) is 5.74. The van der Waals surface area contributed by atoms with Gasteiger partial charge < -0.3 is 27.5 Å². The Hall–Kier alpha value is -0.152. The third-order valence-electron chi connectivity index (χ3n) is 5.03. The van der Waals surface area contributed by atoms with Crippen LogP contribution in [0.25, 0.3) is 0 Å². The van der Waals surface area contributed by atoms with Crippen LogP contribution in [0, 0.1) is 0 Å². The first kappa shape index (κ1) is 30.1. The minimum absolute atomic E-state index is 0.339. The van der Waals surface area contributed by atoms with E-state index in [2.05, 4.69) is 78.6 Å².